The van der Waals surface area contributed by atoms with E-state index in [0.29, 0.717) is 6.42 Å². The molecule has 0 radical (unpaired) electrons. The zero-order valence-corrected chi connectivity index (χ0v) is 11.9. The van der Waals surface area contributed by atoms with Crippen LogP contribution in [0.3, 0.4) is 0 Å². The average molecular weight is 303 g/mol. The van der Waals surface area contributed by atoms with Crippen LogP contribution < -0.4 is 0 Å². The maximum atomic E-state index is 12.2. The van der Waals surface area contributed by atoms with Gasteiger partial charge in [0.05, 0.1) is 0 Å². The maximum absolute atomic E-state index is 12.2. The second-order valence-electron chi connectivity index (χ2n) is 4.40. The van der Waals surface area contributed by atoms with Crippen LogP contribution in [0.2, 0.25) is 0 Å². The first-order valence-corrected chi connectivity index (χ1v) is 6.78. The van der Waals surface area contributed by atoms with Crippen molar-refractivity contribution in [3.05, 3.63) is 70.2 Å². The van der Waals surface area contributed by atoms with Crippen molar-refractivity contribution in [2.75, 3.05) is 0 Å². The zero-order valence-electron chi connectivity index (χ0n) is 10.3. The molecule has 0 saturated heterocycles. The smallest absolute Gasteiger partial charge is 0.144 e. The number of halogens is 1. The quantitative estimate of drug-likeness (QED) is 0.820. The summed E-state index contributed by atoms with van der Waals surface area (Å²) < 4.78 is 1.04. The molecule has 1 nitrogen and oxygen atoms in total. The molecule has 0 heterocycles. The molecule has 0 fully saturated rings. The third-order valence-corrected chi connectivity index (χ3v) is 3.60. The molecule has 2 heteroatoms. The molecule has 0 bridgehead atoms. The Bertz CT molecular complexity index is 517. The van der Waals surface area contributed by atoms with Gasteiger partial charge in [0, 0.05) is 16.8 Å². The van der Waals surface area contributed by atoms with Crippen LogP contribution in [0.1, 0.15) is 24.0 Å². The van der Waals surface area contributed by atoms with Crippen LogP contribution in [0.4, 0.5) is 0 Å². The Morgan fingerprint density at radius 3 is 2.28 bits per heavy atom. The molecule has 2 rings (SSSR count). The Morgan fingerprint density at radius 1 is 1.06 bits per heavy atom. The van der Waals surface area contributed by atoms with E-state index in [-0.39, 0.29) is 11.7 Å². The molecule has 0 N–H and O–H groups in total. The number of benzene rings is 2. The molecular formula is C16H15BrO. The Morgan fingerprint density at radius 2 is 1.67 bits per heavy atom. The van der Waals surface area contributed by atoms with Crippen molar-refractivity contribution in [1.82, 2.24) is 0 Å². The molecule has 0 spiro atoms. The Labute approximate surface area is 116 Å². The van der Waals surface area contributed by atoms with Crippen molar-refractivity contribution in [1.29, 1.82) is 0 Å². The Hall–Kier alpha value is -1.41. The lowest BCUT2D eigenvalue weighted by atomic mass is 9.93. The summed E-state index contributed by atoms with van der Waals surface area (Å²) in [5.41, 5.74) is 2.14. The molecule has 0 aliphatic carbocycles. The SMILES string of the molecule is CC(C(=O)Cc1ccc(Br)cc1)c1ccccc1. The summed E-state index contributed by atoms with van der Waals surface area (Å²) in [4.78, 5) is 12.2. The van der Waals surface area contributed by atoms with Gasteiger partial charge in [-0.2, -0.15) is 0 Å². The van der Waals surface area contributed by atoms with Gasteiger partial charge in [0.25, 0.3) is 0 Å². The van der Waals surface area contributed by atoms with Crippen molar-refractivity contribution in [2.24, 2.45) is 0 Å². The summed E-state index contributed by atoms with van der Waals surface area (Å²) in [7, 11) is 0. The number of Topliss-reactive ketones (excluding diaryl/α,β-unsaturated/α-hetero) is 1. The van der Waals surface area contributed by atoms with E-state index >= 15 is 0 Å². The normalized spacial score (nSPS) is 12.1. The highest BCUT2D eigenvalue weighted by Gasteiger charge is 2.14. The fourth-order valence-electron chi connectivity index (χ4n) is 1.88. The highest BCUT2D eigenvalue weighted by atomic mass is 79.9. The van der Waals surface area contributed by atoms with Gasteiger partial charge in [0.15, 0.2) is 0 Å². The van der Waals surface area contributed by atoms with Crippen molar-refractivity contribution in [3.8, 4) is 0 Å². The van der Waals surface area contributed by atoms with Crippen molar-refractivity contribution < 1.29 is 4.79 Å². The predicted octanol–water partition coefficient (Wildman–Crippen LogP) is 4.36. The standard InChI is InChI=1S/C16H15BrO/c1-12(14-5-3-2-4-6-14)16(18)11-13-7-9-15(17)10-8-13/h2-10,12H,11H2,1H3. The lowest BCUT2D eigenvalue weighted by Crippen LogP contribution is -2.11. The highest BCUT2D eigenvalue weighted by Crippen LogP contribution is 2.19. The summed E-state index contributed by atoms with van der Waals surface area (Å²) >= 11 is 3.39. The topological polar surface area (TPSA) is 17.1 Å². The number of carbonyl (C=O) groups excluding carboxylic acids is 1. The van der Waals surface area contributed by atoms with Crippen LogP contribution in [0.15, 0.2) is 59.1 Å². The molecule has 0 amide bonds. The summed E-state index contributed by atoms with van der Waals surface area (Å²) in [5, 5.41) is 0. The first kappa shape index (κ1) is 13.0. The van der Waals surface area contributed by atoms with E-state index in [2.05, 4.69) is 15.9 Å². The number of hydrogen-bond donors (Lipinski definition) is 0. The third kappa shape index (κ3) is 3.30. The average Bonchev–Trinajstić information content (AvgIpc) is 2.41. The van der Waals surface area contributed by atoms with E-state index in [1.165, 1.54) is 0 Å². The van der Waals surface area contributed by atoms with Gasteiger partial charge in [-0.15, -0.1) is 0 Å². The minimum absolute atomic E-state index is 0.0464. The van der Waals surface area contributed by atoms with E-state index in [1.54, 1.807) is 0 Å². The Kier molecular flexibility index (Phi) is 4.32. The van der Waals surface area contributed by atoms with Crippen LogP contribution in [-0.4, -0.2) is 5.78 Å². The summed E-state index contributed by atoms with van der Waals surface area (Å²) in [5.74, 6) is 0.207. The van der Waals surface area contributed by atoms with Gasteiger partial charge in [-0.25, -0.2) is 0 Å². The third-order valence-electron chi connectivity index (χ3n) is 3.07. The molecule has 0 aromatic heterocycles. The first-order chi connectivity index (χ1) is 8.66. The zero-order chi connectivity index (χ0) is 13.0. The minimum Gasteiger partial charge on any atom is -0.299 e. The van der Waals surface area contributed by atoms with Crippen LogP contribution in [-0.2, 0) is 11.2 Å². The second kappa shape index (κ2) is 5.96. The lowest BCUT2D eigenvalue weighted by Gasteiger charge is -2.10. The highest BCUT2D eigenvalue weighted by molar-refractivity contribution is 9.10. The summed E-state index contributed by atoms with van der Waals surface area (Å²) in [6, 6.07) is 17.8. The summed E-state index contributed by atoms with van der Waals surface area (Å²) in [6.45, 7) is 1.97. The predicted molar refractivity (Wildman–Crippen MR) is 77.7 cm³/mol. The van der Waals surface area contributed by atoms with Gasteiger partial charge >= 0.3 is 0 Å². The van der Waals surface area contributed by atoms with E-state index < -0.39 is 0 Å². The van der Waals surface area contributed by atoms with Crippen LogP contribution in [0, 0.1) is 0 Å². The fraction of sp³-hybridized carbons (Fsp3) is 0.188. The van der Waals surface area contributed by atoms with Crippen molar-refractivity contribution in [3.63, 3.8) is 0 Å². The largest absolute Gasteiger partial charge is 0.299 e. The van der Waals surface area contributed by atoms with Gasteiger partial charge in [0.2, 0.25) is 0 Å². The molecule has 0 aliphatic heterocycles. The molecule has 18 heavy (non-hydrogen) atoms. The van der Waals surface area contributed by atoms with E-state index in [0.717, 1.165) is 15.6 Å². The number of ketones is 1. The first-order valence-electron chi connectivity index (χ1n) is 5.99. The second-order valence-corrected chi connectivity index (χ2v) is 5.32. The molecular weight excluding hydrogens is 288 g/mol. The number of hydrogen-bond acceptors (Lipinski definition) is 1. The molecule has 0 aliphatic rings. The maximum Gasteiger partial charge on any atom is 0.144 e. The van der Waals surface area contributed by atoms with Gasteiger partial charge in [0.1, 0.15) is 5.78 Å². The van der Waals surface area contributed by atoms with Gasteiger partial charge in [-0.1, -0.05) is 65.3 Å². The molecule has 2 aromatic carbocycles. The summed E-state index contributed by atoms with van der Waals surface area (Å²) in [6.07, 6.45) is 0.489. The van der Waals surface area contributed by atoms with Crippen LogP contribution in [0.5, 0.6) is 0 Å². The fourth-order valence-corrected chi connectivity index (χ4v) is 2.15. The number of rotatable bonds is 4. The molecule has 0 saturated carbocycles. The molecule has 2 aromatic rings. The van der Waals surface area contributed by atoms with E-state index in [1.807, 2.05) is 61.5 Å². The molecule has 1 atom stereocenters. The number of carbonyl (C=O) groups is 1. The Balaban J connectivity index is 2.06. The van der Waals surface area contributed by atoms with Crippen molar-refractivity contribution >= 4 is 21.7 Å². The lowest BCUT2D eigenvalue weighted by molar-refractivity contribution is -0.119. The van der Waals surface area contributed by atoms with Gasteiger partial charge in [-0.05, 0) is 23.3 Å². The molecule has 92 valence electrons. The monoisotopic (exact) mass is 302 g/mol. The van der Waals surface area contributed by atoms with Crippen LogP contribution >= 0.6 is 15.9 Å². The van der Waals surface area contributed by atoms with Gasteiger partial charge < -0.3 is 0 Å². The van der Waals surface area contributed by atoms with Crippen LogP contribution in [0.25, 0.3) is 0 Å². The minimum atomic E-state index is -0.0464. The van der Waals surface area contributed by atoms with E-state index in [9.17, 15) is 4.79 Å². The molecule has 1 unspecified atom stereocenters. The van der Waals surface area contributed by atoms with E-state index in [4.69, 9.17) is 0 Å². The van der Waals surface area contributed by atoms with Crippen molar-refractivity contribution in [2.45, 2.75) is 19.3 Å². The van der Waals surface area contributed by atoms with Gasteiger partial charge in [-0.3, -0.25) is 4.79 Å².